The lowest BCUT2D eigenvalue weighted by Crippen LogP contribution is -2.06. The summed E-state index contributed by atoms with van der Waals surface area (Å²) in [5, 5.41) is 3.22. The Kier molecular flexibility index (Phi) is 1.35. The smallest absolute Gasteiger partial charge is 0.231 e. The summed E-state index contributed by atoms with van der Waals surface area (Å²) in [6, 6.07) is 7.27. The van der Waals surface area contributed by atoms with Crippen molar-refractivity contribution in [3.05, 3.63) is 29.8 Å². The number of oxime groups is 1. The van der Waals surface area contributed by atoms with Gasteiger partial charge in [-0.1, -0.05) is 23.4 Å². The van der Waals surface area contributed by atoms with Crippen molar-refractivity contribution in [2.24, 2.45) is 5.16 Å². The van der Waals surface area contributed by atoms with E-state index in [1.807, 2.05) is 18.2 Å². The molecule has 0 bridgehead atoms. The minimum Gasteiger partial charge on any atom is -0.354 e. The molecule has 1 aromatic carbocycles. The third kappa shape index (κ3) is 1.09. The largest absolute Gasteiger partial charge is 0.354 e. The number of benzene rings is 1. The van der Waals surface area contributed by atoms with Crippen molar-refractivity contribution in [2.75, 3.05) is 0 Å². The van der Waals surface area contributed by atoms with Crippen LogP contribution in [0.4, 0.5) is 4.39 Å². The highest BCUT2D eigenvalue weighted by Gasteiger charge is 2.12. The first-order valence-corrected chi connectivity index (χ1v) is 3.33. The third-order valence-electron chi connectivity index (χ3n) is 1.55. The van der Waals surface area contributed by atoms with E-state index in [0.717, 1.165) is 5.56 Å². The van der Waals surface area contributed by atoms with Crippen LogP contribution in [0.5, 0.6) is 5.75 Å². The molecule has 0 fully saturated rings. The summed E-state index contributed by atoms with van der Waals surface area (Å²) in [5.41, 5.74) is 0.847. The zero-order valence-electron chi connectivity index (χ0n) is 5.75. The van der Waals surface area contributed by atoms with Gasteiger partial charge in [0.1, 0.15) is 0 Å². The number of hydrogen-bond donors (Lipinski definition) is 0. The normalized spacial score (nSPS) is 14.8. The molecule has 0 amide bonds. The zero-order chi connectivity index (χ0) is 7.68. The Labute approximate surface area is 63.3 Å². The standard InChI is InChI=1S/C8H6FNO/c9-8-5-6-3-1-2-4-7(6)11-10-8/h1-4H,5H2. The Morgan fingerprint density at radius 2 is 2.18 bits per heavy atom. The lowest BCUT2D eigenvalue weighted by atomic mass is 10.1. The van der Waals surface area contributed by atoms with Gasteiger partial charge in [-0.2, -0.15) is 4.39 Å². The maximum Gasteiger partial charge on any atom is 0.231 e. The molecule has 0 saturated carbocycles. The first kappa shape index (κ1) is 6.34. The molecule has 3 heteroatoms. The lowest BCUT2D eigenvalue weighted by Gasteiger charge is -2.09. The number of halogens is 1. The molecule has 0 N–H and O–H groups in total. The SMILES string of the molecule is FC1=NOc2ccccc2C1. The molecule has 1 aliphatic rings. The Morgan fingerprint density at radius 3 is 3.09 bits per heavy atom. The van der Waals surface area contributed by atoms with Crippen molar-refractivity contribution in [1.82, 2.24) is 0 Å². The average molecular weight is 151 g/mol. The van der Waals surface area contributed by atoms with Crippen molar-refractivity contribution in [1.29, 1.82) is 0 Å². The van der Waals surface area contributed by atoms with Crippen LogP contribution in [0.15, 0.2) is 29.4 Å². The molecule has 56 valence electrons. The Bertz CT molecular complexity index is 309. The number of para-hydroxylation sites is 1. The van der Waals surface area contributed by atoms with Gasteiger partial charge in [-0.25, -0.2) is 0 Å². The summed E-state index contributed by atoms with van der Waals surface area (Å²) in [5.74, 6) is 0.178. The highest BCUT2D eigenvalue weighted by atomic mass is 19.1. The monoisotopic (exact) mass is 151 g/mol. The first-order valence-electron chi connectivity index (χ1n) is 3.33. The maximum absolute atomic E-state index is 12.5. The van der Waals surface area contributed by atoms with Crippen molar-refractivity contribution < 1.29 is 9.23 Å². The van der Waals surface area contributed by atoms with Crippen LogP contribution in [0.1, 0.15) is 5.56 Å². The molecule has 0 saturated heterocycles. The molecular formula is C8H6FNO. The van der Waals surface area contributed by atoms with Crippen molar-refractivity contribution >= 4 is 5.97 Å². The predicted molar refractivity (Wildman–Crippen MR) is 39.3 cm³/mol. The fourth-order valence-electron chi connectivity index (χ4n) is 1.03. The third-order valence-corrected chi connectivity index (χ3v) is 1.55. The van der Waals surface area contributed by atoms with Gasteiger partial charge in [0.05, 0.1) is 0 Å². The molecule has 0 atom stereocenters. The average Bonchev–Trinajstić information content (AvgIpc) is 2.04. The summed E-state index contributed by atoms with van der Waals surface area (Å²) in [4.78, 5) is 4.75. The number of fused-ring (bicyclic) bond motifs is 1. The second-order valence-corrected chi connectivity index (χ2v) is 2.34. The topological polar surface area (TPSA) is 21.6 Å². The Morgan fingerprint density at radius 1 is 1.36 bits per heavy atom. The van der Waals surface area contributed by atoms with Gasteiger partial charge in [0.25, 0.3) is 0 Å². The van der Waals surface area contributed by atoms with E-state index in [1.54, 1.807) is 6.07 Å². The predicted octanol–water partition coefficient (Wildman–Crippen LogP) is 1.90. The Balaban J connectivity index is 2.42. The van der Waals surface area contributed by atoms with Gasteiger partial charge < -0.3 is 4.84 Å². The van der Waals surface area contributed by atoms with E-state index < -0.39 is 5.97 Å². The Hall–Kier alpha value is -1.38. The van der Waals surface area contributed by atoms with E-state index in [2.05, 4.69) is 5.16 Å². The summed E-state index contributed by atoms with van der Waals surface area (Å²) < 4.78 is 12.5. The molecular weight excluding hydrogens is 145 g/mol. The van der Waals surface area contributed by atoms with Gasteiger partial charge >= 0.3 is 0 Å². The highest BCUT2D eigenvalue weighted by Crippen LogP contribution is 2.22. The van der Waals surface area contributed by atoms with Gasteiger partial charge in [0.2, 0.25) is 5.97 Å². The van der Waals surface area contributed by atoms with E-state index in [-0.39, 0.29) is 6.42 Å². The van der Waals surface area contributed by atoms with Crippen LogP contribution in [0.25, 0.3) is 0 Å². The highest BCUT2D eigenvalue weighted by molar-refractivity contribution is 5.78. The van der Waals surface area contributed by atoms with Crippen molar-refractivity contribution in [3.8, 4) is 5.75 Å². The lowest BCUT2D eigenvalue weighted by molar-refractivity contribution is 0.321. The van der Waals surface area contributed by atoms with Crippen molar-refractivity contribution in [2.45, 2.75) is 6.42 Å². The summed E-state index contributed by atoms with van der Waals surface area (Å²) in [6.45, 7) is 0. The molecule has 1 aliphatic heterocycles. The van der Waals surface area contributed by atoms with Gasteiger partial charge in [0, 0.05) is 12.0 Å². The van der Waals surface area contributed by atoms with Crippen LogP contribution < -0.4 is 4.84 Å². The summed E-state index contributed by atoms with van der Waals surface area (Å²) in [7, 11) is 0. The van der Waals surface area contributed by atoms with Gasteiger partial charge in [-0.3, -0.25) is 0 Å². The fourth-order valence-corrected chi connectivity index (χ4v) is 1.03. The number of rotatable bonds is 0. The minimum atomic E-state index is -0.469. The second-order valence-electron chi connectivity index (χ2n) is 2.34. The zero-order valence-corrected chi connectivity index (χ0v) is 5.75. The van der Waals surface area contributed by atoms with Gasteiger partial charge in [0.15, 0.2) is 5.75 Å². The molecule has 0 aromatic heterocycles. The molecule has 0 unspecified atom stereocenters. The number of nitrogens with zero attached hydrogens (tertiary/aromatic N) is 1. The maximum atomic E-state index is 12.5. The minimum absolute atomic E-state index is 0.246. The van der Waals surface area contributed by atoms with Crippen LogP contribution in [0, 0.1) is 0 Å². The fraction of sp³-hybridized carbons (Fsp3) is 0.125. The second kappa shape index (κ2) is 2.34. The van der Waals surface area contributed by atoms with E-state index in [0.29, 0.717) is 5.75 Å². The first-order chi connectivity index (χ1) is 5.36. The van der Waals surface area contributed by atoms with E-state index in [9.17, 15) is 4.39 Å². The quantitative estimate of drug-likeness (QED) is 0.555. The van der Waals surface area contributed by atoms with Crippen LogP contribution in [0.2, 0.25) is 0 Å². The van der Waals surface area contributed by atoms with Crippen molar-refractivity contribution in [3.63, 3.8) is 0 Å². The molecule has 11 heavy (non-hydrogen) atoms. The van der Waals surface area contributed by atoms with Crippen LogP contribution in [-0.2, 0) is 6.42 Å². The van der Waals surface area contributed by atoms with Gasteiger partial charge in [-0.05, 0) is 6.07 Å². The van der Waals surface area contributed by atoms with Crippen LogP contribution >= 0.6 is 0 Å². The number of hydrogen-bond acceptors (Lipinski definition) is 2. The van der Waals surface area contributed by atoms with E-state index in [4.69, 9.17) is 4.84 Å². The van der Waals surface area contributed by atoms with E-state index >= 15 is 0 Å². The van der Waals surface area contributed by atoms with Crippen LogP contribution in [0.3, 0.4) is 0 Å². The summed E-state index contributed by atoms with van der Waals surface area (Å²) >= 11 is 0. The van der Waals surface area contributed by atoms with Gasteiger partial charge in [-0.15, -0.1) is 0 Å². The molecule has 1 heterocycles. The molecule has 0 radical (unpaired) electrons. The molecule has 0 spiro atoms. The van der Waals surface area contributed by atoms with E-state index in [1.165, 1.54) is 0 Å². The summed E-state index contributed by atoms with van der Waals surface area (Å²) in [6.07, 6.45) is 0.246. The van der Waals surface area contributed by atoms with Crippen LogP contribution in [-0.4, -0.2) is 5.97 Å². The molecule has 1 aromatic rings. The molecule has 0 aliphatic carbocycles. The molecule has 2 nitrogen and oxygen atoms in total. The molecule has 2 rings (SSSR count).